The fraction of sp³-hybridized carbons (Fsp3) is 0.467. The van der Waals surface area contributed by atoms with Gasteiger partial charge in [0.15, 0.2) is 5.78 Å². The first-order valence-corrected chi connectivity index (χ1v) is 6.39. The van der Waals surface area contributed by atoms with Gasteiger partial charge in [-0.1, -0.05) is 20.8 Å². The molecule has 0 amide bonds. The first kappa shape index (κ1) is 16.0. The van der Waals surface area contributed by atoms with E-state index in [-0.39, 0.29) is 41.0 Å². The van der Waals surface area contributed by atoms with Crippen LogP contribution in [0.3, 0.4) is 0 Å². The Morgan fingerprint density at radius 1 is 1.25 bits per heavy atom. The number of carbonyl (C=O) groups is 2. The molecule has 0 saturated heterocycles. The number of carbonyl (C=O) groups excluding carboxylic acids is 2. The highest BCUT2D eigenvalue weighted by Crippen LogP contribution is 2.33. The monoisotopic (exact) mass is 279 g/mol. The van der Waals surface area contributed by atoms with E-state index in [1.165, 1.54) is 7.11 Å². The second-order valence-electron chi connectivity index (χ2n) is 5.71. The summed E-state index contributed by atoms with van der Waals surface area (Å²) >= 11 is 0. The maximum atomic E-state index is 12.1. The van der Waals surface area contributed by atoms with Crippen molar-refractivity contribution in [2.75, 3.05) is 12.8 Å². The lowest BCUT2D eigenvalue weighted by molar-refractivity contribution is -0.140. The molecule has 0 atom stereocenters. The number of aromatic hydroxyl groups is 1. The van der Waals surface area contributed by atoms with Gasteiger partial charge in [-0.25, -0.2) is 0 Å². The van der Waals surface area contributed by atoms with Crippen LogP contribution in [0.1, 0.15) is 49.5 Å². The number of nitrogen functional groups attached to an aromatic ring is 1. The number of phenolic OH excluding ortho intramolecular Hbond substituents is 1. The topological polar surface area (TPSA) is 89.6 Å². The molecule has 5 nitrogen and oxygen atoms in total. The summed E-state index contributed by atoms with van der Waals surface area (Å²) in [6, 6.07) is 3.29. The molecule has 0 aliphatic rings. The van der Waals surface area contributed by atoms with Gasteiger partial charge in [-0.15, -0.1) is 0 Å². The van der Waals surface area contributed by atoms with Crippen LogP contribution in [-0.2, 0) is 14.9 Å². The second kappa shape index (κ2) is 5.94. The minimum Gasteiger partial charge on any atom is -0.505 e. The third kappa shape index (κ3) is 3.73. The van der Waals surface area contributed by atoms with Gasteiger partial charge in [-0.05, 0) is 23.1 Å². The Kier molecular flexibility index (Phi) is 4.76. The molecule has 0 bridgehead atoms. The normalized spacial score (nSPS) is 11.2. The molecule has 5 heteroatoms. The summed E-state index contributed by atoms with van der Waals surface area (Å²) in [6.07, 6.45) is -0.0400. The van der Waals surface area contributed by atoms with Crippen molar-refractivity contribution in [3.05, 3.63) is 23.3 Å². The van der Waals surface area contributed by atoms with Crippen molar-refractivity contribution in [2.45, 2.75) is 39.0 Å². The van der Waals surface area contributed by atoms with E-state index in [0.717, 1.165) is 5.56 Å². The highest BCUT2D eigenvalue weighted by Gasteiger charge is 2.21. The van der Waals surface area contributed by atoms with Crippen molar-refractivity contribution in [2.24, 2.45) is 0 Å². The Labute approximate surface area is 118 Å². The SMILES string of the molecule is COC(=O)CCC(=O)c1cc(C(C)(C)C)cc(N)c1O. The first-order chi connectivity index (χ1) is 9.16. The molecular formula is C15H21NO4. The average Bonchev–Trinajstić information content (AvgIpc) is 2.37. The summed E-state index contributed by atoms with van der Waals surface area (Å²) in [4.78, 5) is 23.2. The van der Waals surface area contributed by atoms with Crippen molar-refractivity contribution < 1.29 is 19.4 Å². The zero-order chi connectivity index (χ0) is 15.5. The molecule has 1 aromatic carbocycles. The predicted molar refractivity (Wildman–Crippen MR) is 76.8 cm³/mol. The van der Waals surface area contributed by atoms with Gasteiger partial charge < -0.3 is 15.6 Å². The van der Waals surface area contributed by atoms with Gasteiger partial charge in [0, 0.05) is 6.42 Å². The zero-order valence-electron chi connectivity index (χ0n) is 12.3. The van der Waals surface area contributed by atoms with Crippen molar-refractivity contribution in [1.29, 1.82) is 0 Å². The van der Waals surface area contributed by atoms with Crippen LogP contribution < -0.4 is 5.73 Å². The molecule has 3 N–H and O–H groups in total. The highest BCUT2D eigenvalue weighted by atomic mass is 16.5. The summed E-state index contributed by atoms with van der Waals surface area (Å²) in [5.74, 6) is -1.02. The number of hydrogen-bond acceptors (Lipinski definition) is 5. The van der Waals surface area contributed by atoms with Crippen LogP contribution in [-0.4, -0.2) is 24.0 Å². The van der Waals surface area contributed by atoms with Crippen LogP contribution in [0.5, 0.6) is 5.75 Å². The molecule has 0 heterocycles. The van der Waals surface area contributed by atoms with E-state index in [4.69, 9.17) is 5.73 Å². The van der Waals surface area contributed by atoms with Crippen LogP contribution in [0.25, 0.3) is 0 Å². The summed E-state index contributed by atoms with van der Waals surface area (Å²) in [5.41, 5.74) is 6.72. The summed E-state index contributed by atoms with van der Waals surface area (Å²) in [6.45, 7) is 5.96. The number of ketones is 1. The number of benzene rings is 1. The Bertz CT molecular complexity index is 529. The number of rotatable bonds is 4. The molecule has 0 spiro atoms. The smallest absolute Gasteiger partial charge is 0.305 e. The fourth-order valence-electron chi connectivity index (χ4n) is 1.75. The van der Waals surface area contributed by atoms with Crippen molar-refractivity contribution >= 4 is 17.4 Å². The quantitative estimate of drug-likeness (QED) is 0.382. The number of nitrogens with two attached hydrogens (primary N) is 1. The second-order valence-corrected chi connectivity index (χ2v) is 5.71. The minimum atomic E-state index is -0.460. The van der Waals surface area contributed by atoms with Crippen LogP contribution in [0, 0.1) is 0 Å². The summed E-state index contributed by atoms with van der Waals surface area (Å²) < 4.78 is 4.49. The van der Waals surface area contributed by atoms with E-state index in [0.29, 0.717) is 0 Å². The molecule has 0 aliphatic carbocycles. The Morgan fingerprint density at radius 3 is 2.35 bits per heavy atom. The number of phenols is 1. The molecule has 110 valence electrons. The molecule has 0 aliphatic heterocycles. The van der Waals surface area contributed by atoms with E-state index in [9.17, 15) is 14.7 Å². The van der Waals surface area contributed by atoms with E-state index < -0.39 is 5.97 Å². The number of methoxy groups -OCH3 is 1. The van der Waals surface area contributed by atoms with Gasteiger partial charge in [-0.2, -0.15) is 0 Å². The van der Waals surface area contributed by atoms with E-state index >= 15 is 0 Å². The maximum Gasteiger partial charge on any atom is 0.305 e. The molecular weight excluding hydrogens is 258 g/mol. The Balaban J connectivity index is 3.08. The lowest BCUT2D eigenvalue weighted by Crippen LogP contribution is -2.14. The standard InChI is InChI=1S/C15H21NO4/c1-15(2,3)9-7-10(14(19)11(16)8-9)12(17)5-6-13(18)20-4/h7-8,19H,5-6,16H2,1-4H3. The first-order valence-electron chi connectivity index (χ1n) is 6.39. The maximum absolute atomic E-state index is 12.1. The highest BCUT2D eigenvalue weighted by molar-refractivity contribution is 6.01. The van der Waals surface area contributed by atoms with Gasteiger partial charge in [0.1, 0.15) is 5.75 Å². The molecule has 1 aromatic rings. The predicted octanol–water partition coefficient (Wildman–Crippen LogP) is 2.41. The summed E-state index contributed by atoms with van der Waals surface area (Å²) in [5, 5.41) is 9.92. The summed E-state index contributed by atoms with van der Waals surface area (Å²) in [7, 11) is 1.27. The van der Waals surface area contributed by atoms with E-state index in [1.54, 1.807) is 12.1 Å². The van der Waals surface area contributed by atoms with Crippen LogP contribution in [0.4, 0.5) is 5.69 Å². The largest absolute Gasteiger partial charge is 0.505 e. The van der Waals surface area contributed by atoms with Crippen LogP contribution in [0.2, 0.25) is 0 Å². The molecule has 0 radical (unpaired) electrons. The molecule has 0 saturated carbocycles. The van der Waals surface area contributed by atoms with Gasteiger partial charge in [-0.3, -0.25) is 9.59 Å². The molecule has 20 heavy (non-hydrogen) atoms. The van der Waals surface area contributed by atoms with Gasteiger partial charge in [0.25, 0.3) is 0 Å². The third-order valence-corrected chi connectivity index (χ3v) is 3.09. The Hall–Kier alpha value is -2.04. The van der Waals surface area contributed by atoms with E-state index in [1.807, 2.05) is 20.8 Å². The zero-order valence-corrected chi connectivity index (χ0v) is 12.3. The van der Waals surface area contributed by atoms with Gasteiger partial charge in [0.05, 0.1) is 24.8 Å². The molecule has 1 rings (SSSR count). The number of hydrogen-bond donors (Lipinski definition) is 2. The number of esters is 1. The lowest BCUT2D eigenvalue weighted by Gasteiger charge is -2.21. The fourth-order valence-corrected chi connectivity index (χ4v) is 1.75. The average molecular weight is 279 g/mol. The van der Waals surface area contributed by atoms with E-state index in [2.05, 4.69) is 4.74 Å². The van der Waals surface area contributed by atoms with Gasteiger partial charge in [0.2, 0.25) is 0 Å². The van der Waals surface area contributed by atoms with Crippen molar-refractivity contribution in [3.63, 3.8) is 0 Å². The lowest BCUT2D eigenvalue weighted by atomic mass is 9.85. The van der Waals surface area contributed by atoms with Crippen molar-refractivity contribution in [3.8, 4) is 5.75 Å². The Morgan fingerprint density at radius 2 is 1.85 bits per heavy atom. The third-order valence-electron chi connectivity index (χ3n) is 3.09. The number of Topliss-reactive ketones (excluding diaryl/α,β-unsaturated/α-hetero) is 1. The molecule has 0 unspecified atom stereocenters. The minimum absolute atomic E-state index is 0.0194. The molecule has 0 aromatic heterocycles. The molecule has 0 fully saturated rings. The van der Waals surface area contributed by atoms with Crippen LogP contribution >= 0.6 is 0 Å². The number of ether oxygens (including phenoxy) is 1. The number of anilines is 1. The van der Waals surface area contributed by atoms with Crippen LogP contribution in [0.15, 0.2) is 12.1 Å². The van der Waals surface area contributed by atoms with Gasteiger partial charge >= 0.3 is 5.97 Å². The van der Waals surface area contributed by atoms with Crippen molar-refractivity contribution in [1.82, 2.24) is 0 Å².